The van der Waals surface area contributed by atoms with Crippen LogP contribution in [0.4, 0.5) is 5.69 Å². The van der Waals surface area contributed by atoms with Gasteiger partial charge in [0.15, 0.2) is 6.61 Å². The van der Waals surface area contributed by atoms with Gasteiger partial charge in [-0.1, -0.05) is 23.2 Å². The number of aliphatic hydroxyl groups excluding tert-OH is 1. The number of aliphatic hydroxyl groups is 1. The number of benzene rings is 2. The third kappa shape index (κ3) is 5.60. The molecule has 9 heteroatoms. The molecular formula is C16H14Cl2N2O5. The summed E-state index contributed by atoms with van der Waals surface area (Å²) in [6.45, 7) is -0.345. The van der Waals surface area contributed by atoms with Gasteiger partial charge in [-0.05, 0) is 35.9 Å². The Balaban J connectivity index is 1.81. The lowest BCUT2D eigenvalue weighted by Gasteiger charge is -2.13. The first-order chi connectivity index (χ1) is 11.9. The van der Waals surface area contributed by atoms with Crippen LogP contribution in [0.3, 0.4) is 0 Å². The number of nitrogens with zero attached hydrogens (tertiary/aromatic N) is 1. The summed E-state index contributed by atoms with van der Waals surface area (Å²) < 4.78 is 5.27. The van der Waals surface area contributed by atoms with Gasteiger partial charge in [0.25, 0.3) is 11.6 Å². The van der Waals surface area contributed by atoms with Crippen LogP contribution in [-0.4, -0.2) is 29.1 Å². The van der Waals surface area contributed by atoms with Gasteiger partial charge in [0, 0.05) is 23.7 Å². The van der Waals surface area contributed by atoms with E-state index in [9.17, 15) is 20.0 Å². The molecule has 0 saturated carbocycles. The molecule has 7 nitrogen and oxygen atoms in total. The molecule has 0 heterocycles. The fraction of sp³-hybridized carbons (Fsp3) is 0.188. The Morgan fingerprint density at radius 3 is 2.52 bits per heavy atom. The number of hydrogen-bond donors (Lipinski definition) is 2. The van der Waals surface area contributed by atoms with Crippen LogP contribution in [0.15, 0.2) is 42.5 Å². The Hall–Kier alpha value is -2.35. The Morgan fingerprint density at radius 2 is 1.92 bits per heavy atom. The Morgan fingerprint density at radius 1 is 1.24 bits per heavy atom. The summed E-state index contributed by atoms with van der Waals surface area (Å²) in [5, 5.41) is 23.8. The number of nitro groups is 1. The zero-order chi connectivity index (χ0) is 18.4. The molecule has 0 aliphatic carbocycles. The Bertz CT molecular complexity index is 768. The lowest BCUT2D eigenvalue weighted by Crippen LogP contribution is -2.32. The number of nitrogens with one attached hydrogen (secondary N) is 1. The molecule has 25 heavy (non-hydrogen) atoms. The minimum atomic E-state index is -0.996. The second-order valence-electron chi connectivity index (χ2n) is 5.03. The van der Waals surface area contributed by atoms with Crippen LogP contribution in [0, 0.1) is 10.1 Å². The highest BCUT2D eigenvalue weighted by Crippen LogP contribution is 2.27. The van der Waals surface area contributed by atoms with E-state index in [4.69, 9.17) is 27.9 Å². The van der Waals surface area contributed by atoms with Gasteiger partial charge in [-0.3, -0.25) is 14.9 Å². The molecular weight excluding hydrogens is 371 g/mol. The Labute approximate surface area is 153 Å². The topological polar surface area (TPSA) is 102 Å². The van der Waals surface area contributed by atoms with Crippen LogP contribution in [0.1, 0.15) is 11.7 Å². The fourth-order valence-electron chi connectivity index (χ4n) is 1.93. The highest BCUT2D eigenvalue weighted by molar-refractivity contribution is 6.35. The zero-order valence-corrected chi connectivity index (χ0v) is 14.3. The van der Waals surface area contributed by atoms with Gasteiger partial charge in [0.1, 0.15) is 5.75 Å². The third-order valence-corrected chi connectivity index (χ3v) is 3.76. The molecule has 2 aromatic rings. The van der Waals surface area contributed by atoms with Crippen molar-refractivity contribution in [2.45, 2.75) is 6.10 Å². The molecule has 0 bridgehead atoms. The van der Waals surface area contributed by atoms with E-state index in [1.165, 1.54) is 30.3 Å². The molecule has 0 saturated heterocycles. The highest BCUT2D eigenvalue weighted by Gasteiger charge is 2.12. The quantitative estimate of drug-likeness (QED) is 0.563. The van der Waals surface area contributed by atoms with E-state index in [2.05, 4.69) is 5.32 Å². The number of ether oxygens (including phenoxy) is 1. The molecule has 2 N–H and O–H groups in total. The number of halogens is 2. The lowest BCUT2D eigenvalue weighted by atomic mass is 10.1. The van der Waals surface area contributed by atoms with Crippen molar-refractivity contribution in [2.75, 3.05) is 13.2 Å². The molecule has 0 aliphatic heterocycles. The summed E-state index contributed by atoms with van der Waals surface area (Å²) in [5.74, 6) is -0.135. The summed E-state index contributed by atoms with van der Waals surface area (Å²) in [5.41, 5.74) is 0.376. The molecule has 0 unspecified atom stereocenters. The molecule has 0 fully saturated rings. The molecule has 132 valence electrons. The SMILES string of the molecule is O=C(COc1ccc(Cl)cc1Cl)NC[C@H](O)c1ccc([N+](=O)[O-])cc1. The first-order valence-electron chi connectivity index (χ1n) is 7.14. The fourth-order valence-corrected chi connectivity index (χ4v) is 2.40. The van der Waals surface area contributed by atoms with Crippen LogP contribution >= 0.6 is 23.2 Å². The minimum absolute atomic E-state index is 0.0612. The second-order valence-corrected chi connectivity index (χ2v) is 5.88. The van der Waals surface area contributed by atoms with Crippen molar-refractivity contribution in [1.82, 2.24) is 5.32 Å². The van der Waals surface area contributed by atoms with Gasteiger partial charge < -0.3 is 15.2 Å². The molecule has 0 aromatic heterocycles. The number of hydrogen-bond acceptors (Lipinski definition) is 5. The van der Waals surface area contributed by atoms with E-state index in [1.54, 1.807) is 12.1 Å². The average Bonchev–Trinajstić information content (AvgIpc) is 2.59. The van der Waals surface area contributed by atoms with Gasteiger partial charge in [-0.2, -0.15) is 0 Å². The molecule has 0 aliphatic rings. The van der Waals surface area contributed by atoms with E-state index in [0.717, 1.165) is 0 Å². The van der Waals surface area contributed by atoms with E-state index in [0.29, 0.717) is 16.3 Å². The van der Waals surface area contributed by atoms with E-state index in [-0.39, 0.29) is 23.9 Å². The van der Waals surface area contributed by atoms with Crippen molar-refractivity contribution in [2.24, 2.45) is 0 Å². The maximum absolute atomic E-state index is 11.8. The third-order valence-electron chi connectivity index (χ3n) is 3.23. The number of non-ortho nitro benzene ring substituents is 1. The average molecular weight is 385 g/mol. The number of amides is 1. The Kier molecular flexibility index (Phi) is 6.58. The van der Waals surface area contributed by atoms with Crippen molar-refractivity contribution in [3.63, 3.8) is 0 Å². The van der Waals surface area contributed by atoms with Crippen molar-refractivity contribution in [3.8, 4) is 5.75 Å². The van der Waals surface area contributed by atoms with Gasteiger partial charge >= 0.3 is 0 Å². The summed E-state index contributed by atoms with van der Waals surface area (Å²) in [6.07, 6.45) is -0.996. The predicted molar refractivity (Wildman–Crippen MR) is 93.0 cm³/mol. The van der Waals surface area contributed by atoms with E-state index in [1.807, 2.05) is 0 Å². The first kappa shape index (κ1) is 19.0. The predicted octanol–water partition coefficient (Wildman–Crippen LogP) is 3.13. The van der Waals surface area contributed by atoms with Crippen LogP contribution in [-0.2, 0) is 4.79 Å². The maximum Gasteiger partial charge on any atom is 0.269 e. The normalized spacial score (nSPS) is 11.6. The van der Waals surface area contributed by atoms with Gasteiger partial charge in [0.05, 0.1) is 16.0 Å². The van der Waals surface area contributed by atoms with Crippen LogP contribution < -0.4 is 10.1 Å². The number of carbonyl (C=O) groups excluding carboxylic acids is 1. The second kappa shape index (κ2) is 8.66. The molecule has 1 atom stereocenters. The van der Waals surface area contributed by atoms with Crippen molar-refractivity contribution < 1.29 is 19.6 Å². The smallest absolute Gasteiger partial charge is 0.269 e. The van der Waals surface area contributed by atoms with Gasteiger partial charge in [0.2, 0.25) is 0 Å². The monoisotopic (exact) mass is 384 g/mol. The molecule has 0 spiro atoms. The van der Waals surface area contributed by atoms with Gasteiger partial charge in [-0.25, -0.2) is 0 Å². The first-order valence-corrected chi connectivity index (χ1v) is 7.89. The molecule has 0 radical (unpaired) electrons. The van der Waals surface area contributed by atoms with Crippen molar-refractivity contribution in [1.29, 1.82) is 0 Å². The van der Waals surface area contributed by atoms with Crippen LogP contribution in [0.2, 0.25) is 10.0 Å². The summed E-state index contributed by atoms with van der Waals surface area (Å²) in [6, 6.07) is 10.0. The van der Waals surface area contributed by atoms with E-state index >= 15 is 0 Å². The van der Waals surface area contributed by atoms with E-state index < -0.39 is 16.9 Å². The summed E-state index contributed by atoms with van der Waals surface area (Å²) in [7, 11) is 0. The lowest BCUT2D eigenvalue weighted by molar-refractivity contribution is -0.384. The van der Waals surface area contributed by atoms with Crippen LogP contribution in [0.25, 0.3) is 0 Å². The summed E-state index contributed by atoms with van der Waals surface area (Å²) >= 11 is 11.7. The standard InChI is InChI=1S/C16H14Cl2N2O5/c17-11-3-6-15(13(18)7-11)25-9-16(22)19-8-14(21)10-1-4-12(5-2-10)20(23)24/h1-7,14,21H,8-9H2,(H,19,22)/t14-/m0/s1. The number of nitro benzene ring substituents is 1. The van der Waals surface area contributed by atoms with Crippen LogP contribution in [0.5, 0.6) is 5.75 Å². The molecule has 2 rings (SSSR count). The molecule has 2 aromatic carbocycles. The minimum Gasteiger partial charge on any atom is -0.482 e. The zero-order valence-electron chi connectivity index (χ0n) is 12.8. The van der Waals surface area contributed by atoms with Crippen molar-refractivity contribution in [3.05, 3.63) is 68.2 Å². The van der Waals surface area contributed by atoms with Crippen molar-refractivity contribution >= 4 is 34.8 Å². The summed E-state index contributed by atoms with van der Waals surface area (Å²) in [4.78, 5) is 21.8. The number of carbonyl (C=O) groups is 1. The molecule has 1 amide bonds. The van der Waals surface area contributed by atoms with Gasteiger partial charge in [-0.15, -0.1) is 0 Å². The highest BCUT2D eigenvalue weighted by atomic mass is 35.5. The number of rotatable bonds is 7. The maximum atomic E-state index is 11.8. The largest absolute Gasteiger partial charge is 0.482 e.